The SMILES string of the molecule is O=C(c1ccc(I)cc1)c1cc2[nH]c(=O)[nH]c2cc1Br. The van der Waals surface area contributed by atoms with Gasteiger partial charge in [-0.1, -0.05) is 0 Å². The third-order valence-corrected chi connectivity index (χ3v) is 4.33. The molecule has 0 spiro atoms. The second kappa shape index (κ2) is 5.17. The molecule has 1 heterocycles. The van der Waals surface area contributed by atoms with Gasteiger partial charge in [-0.3, -0.25) is 4.79 Å². The van der Waals surface area contributed by atoms with Crippen LogP contribution in [0, 0.1) is 3.57 Å². The van der Waals surface area contributed by atoms with E-state index < -0.39 is 0 Å². The quantitative estimate of drug-likeness (QED) is 0.471. The van der Waals surface area contributed by atoms with Gasteiger partial charge < -0.3 is 9.97 Å². The summed E-state index contributed by atoms with van der Waals surface area (Å²) in [5.41, 5.74) is 2.14. The van der Waals surface area contributed by atoms with Crippen molar-refractivity contribution in [1.82, 2.24) is 9.97 Å². The molecule has 100 valence electrons. The van der Waals surface area contributed by atoms with E-state index in [2.05, 4.69) is 48.5 Å². The van der Waals surface area contributed by atoms with Crippen molar-refractivity contribution in [2.75, 3.05) is 0 Å². The lowest BCUT2D eigenvalue weighted by molar-refractivity contribution is 0.103. The zero-order chi connectivity index (χ0) is 14.3. The van der Waals surface area contributed by atoms with Crippen molar-refractivity contribution < 1.29 is 4.79 Å². The Bertz CT molecular complexity index is 865. The molecule has 0 fully saturated rings. The summed E-state index contributed by atoms with van der Waals surface area (Å²) in [6.07, 6.45) is 0. The maximum Gasteiger partial charge on any atom is 0.323 e. The number of aromatic amines is 2. The first-order valence-corrected chi connectivity index (χ1v) is 7.63. The summed E-state index contributed by atoms with van der Waals surface area (Å²) in [7, 11) is 0. The van der Waals surface area contributed by atoms with E-state index in [4.69, 9.17) is 0 Å². The molecule has 3 aromatic rings. The van der Waals surface area contributed by atoms with E-state index in [1.165, 1.54) is 0 Å². The van der Waals surface area contributed by atoms with Crippen LogP contribution in [0.1, 0.15) is 15.9 Å². The largest absolute Gasteiger partial charge is 0.323 e. The lowest BCUT2D eigenvalue weighted by Gasteiger charge is -2.04. The van der Waals surface area contributed by atoms with Crippen LogP contribution < -0.4 is 5.69 Å². The van der Waals surface area contributed by atoms with Gasteiger partial charge in [-0.15, -0.1) is 0 Å². The fraction of sp³-hybridized carbons (Fsp3) is 0. The van der Waals surface area contributed by atoms with Crippen molar-refractivity contribution >= 4 is 55.3 Å². The van der Waals surface area contributed by atoms with Gasteiger partial charge in [-0.25, -0.2) is 4.79 Å². The van der Waals surface area contributed by atoms with Gasteiger partial charge in [0, 0.05) is 19.2 Å². The lowest BCUT2D eigenvalue weighted by atomic mass is 10.0. The van der Waals surface area contributed by atoms with Crippen LogP contribution in [0.2, 0.25) is 0 Å². The summed E-state index contributed by atoms with van der Waals surface area (Å²) >= 11 is 5.57. The monoisotopic (exact) mass is 442 g/mol. The number of ketones is 1. The summed E-state index contributed by atoms with van der Waals surface area (Å²) in [4.78, 5) is 29.1. The summed E-state index contributed by atoms with van der Waals surface area (Å²) in [5, 5.41) is 0. The molecule has 0 aliphatic heterocycles. The molecule has 0 aliphatic rings. The number of fused-ring (bicyclic) bond motifs is 1. The molecule has 0 bridgehead atoms. The molecular weight excluding hydrogens is 435 g/mol. The number of carbonyl (C=O) groups excluding carboxylic acids is 1. The summed E-state index contributed by atoms with van der Waals surface area (Å²) < 4.78 is 1.73. The van der Waals surface area contributed by atoms with Crippen LogP contribution in [0.15, 0.2) is 45.7 Å². The maximum absolute atomic E-state index is 12.5. The number of nitrogens with one attached hydrogen (secondary N) is 2. The van der Waals surface area contributed by atoms with Crippen molar-refractivity contribution in [2.24, 2.45) is 0 Å². The molecule has 0 atom stereocenters. The average Bonchev–Trinajstić information content (AvgIpc) is 2.77. The van der Waals surface area contributed by atoms with E-state index in [0.717, 1.165) is 3.57 Å². The minimum Gasteiger partial charge on any atom is -0.306 e. The number of aromatic nitrogens is 2. The smallest absolute Gasteiger partial charge is 0.306 e. The van der Waals surface area contributed by atoms with Crippen molar-refractivity contribution in [3.8, 4) is 0 Å². The highest BCUT2D eigenvalue weighted by molar-refractivity contribution is 14.1. The molecule has 0 saturated heterocycles. The normalized spacial score (nSPS) is 10.9. The second-order valence-electron chi connectivity index (χ2n) is 4.29. The Labute approximate surface area is 135 Å². The van der Waals surface area contributed by atoms with Gasteiger partial charge in [-0.05, 0) is 74.9 Å². The minimum atomic E-state index is -0.286. The first kappa shape index (κ1) is 13.6. The van der Waals surface area contributed by atoms with Crippen LogP contribution in [0.5, 0.6) is 0 Å². The Balaban J connectivity index is 2.13. The minimum absolute atomic E-state index is 0.0859. The molecule has 2 N–H and O–H groups in total. The molecule has 3 rings (SSSR count). The zero-order valence-electron chi connectivity index (χ0n) is 10.0. The average molecular weight is 443 g/mol. The molecule has 0 amide bonds. The van der Waals surface area contributed by atoms with E-state index in [1.54, 1.807) is 24.3 Å². The van der Waals surface area contributed by atoms with E-state index in [-0.39, 0.29) is 11.5 Å². The van der Waals surface area contributed by atoms with Gasteiger partial charge in [0.25, 0.3) is 0 Å². The molecule has 0 radical (unpaired) electrons. The van der Waals surface area contributed by atoms with E-state index in [9.17, 15) is 9.59 Å². The fourth-order valence-electron chi connectivity index (χ4n) is 1.99. The molecule has 6 heteroatoms. The molecule has 20 heavy (non-hydrogen) atoms. The molecule has 0 unspecified atom stereocenters. The van der Waals surface area contributed by atoms with Crippen LogP contribution in [0.25, 0.3) is 11.0 Å². The van der Waals surface area contributed by atoms with Crippen LogP contribution in [0.3, 0.4) is 0 Å². The third kappa shape index (κ3) is 2.45. The van der Waals surface area contributed by atoms with Crippen LogP contribution in [-0.2, 0) is 0 Å². The number of halogens is 2. The van der Waals surface area contributed by atoms with Gasteiger partial charge in [0.2, 0.25) is 0 Å². The Hall–Kier alpha value is -1.41. The third-order valence-electron chi connectivity index (χ3n) is 2.95. The topological polar surface area (TPSA) is 65.7 Å². The van der Waals surface area contributed by atoms with Gasteiger partial charge >= 0.3 is 5.69 Å². The summed E-state index contributed by atoms with van der Waals surface area (Å²) in [6.45, 7) is 0. The number of H-pyrrole nitrogens is 2. The Kier molecular flexibility index (Phi) is 3.51. The standard InChI is InChI=1S/C14H8BrIN2O2/c15-10-6-12-11(17-14(20)18-12)5-9(10)13(19)7-1-3-8(16)4-2-7/h1-6H,(H2,17,18,20). The van der Waals surface area contributed by atoms with Gasteiger partial charge in [0.1, 0.15) is 0 Å². The van der Waals surface area contributed by atoms with Crippen molar-refractivity contribution in [3.05, 3.63) is 66.1 Å². The van der Waals surface area contributed by atoms with Crippen LogP contribution in [0.4, 0.5) is 0 Å². The number of rotatable bonds is 2. The molecular formula is C14H8BrIN2O2. The number of hydrogen-bond donors (Lipinski definition) is 2. The molecule has 4 nitrogen and oxygen atoms in total. The predicted molar refractivity (Wildman–Crippen MR) is 89.2 cm³/mol. The van der Waals surface area contributed by atoms with E-state index in [1.807, 2.05) is 12.1 Å². The number of carbonyl (C=O) groups is 1. The van der Waals surface area contributed by atoms with Crippen molar-refractivity contribution in [1.29, 1.82) is 0 Å². The fourth-order valence-corrected chi connectivity index (χ4v) is 2.87. The van der Waals surface area contributed by atoms with E-state index in [0.29, 0.717) is 26.6 Å². The van der Waals surface area contributed by atoms with Gasteiger partial charge in [0.15, 0.2) is 5.78 Å². The second-order valence-corrected chi connectivity index (χ2v) is 6.39. The van der Waals surface area contributed by atoms with E-state index >= 15 is 0 Å². The summed E-state index contributed by atoms with van der Waals surface area (Å²) in [6, 6.07) is 10.8. The van der Waals surface area contributed by atoms with Crippen LogP contribution >= 0.6 is 38.5 Å². The number of benzene rings is 2. The Morgan fingerprint density at radius 1 is 1.05 bits per heavy atom. The van der Waals surface area contributed by atoms with Crippen LogP contribution in [-0.4, -0.2) is 15.8 Å². The number of imidazole rings is 1. The first-order valence-electron chi connectivity index (χ1n) is 5.76. The highest BCUT2D eigenvalue weighted by Crippen LogP contribution is 2.24. The summed E-state index contributed by atoms with van der Waals surface area (Å²) in [5.74, 6) is -0.0859. The Morgan fingerprint density at radius 2 is 1.65 bits per heavy atom. The molecule has 0 aliphatic carbocycles. The number of hydrogen-bond acceptors (Lipinski definition) is 2. The van der Waals surface area contributed by atoms with Crippen molar-refractivity contribution in [3.63, 3.8) is 0 Å². The lowest BCUT2D eigenvalue weighted by Crippen LogP contribution is -2.02. The van der Waals surface area contributed by atoms with Crippen molar-refractivity contribution in [2.45, 2.75) is 0 Å². The predicted octanol–water partition coefficient (Wildman–Crippen LogP) is 3.45. The highest BCUT2D eigenvalue weighted by atomic mass is 127. The highest BCUT2D eigenvalue weighted by Gasteiger charge is 2.14. The first-order chi connectivity index (χ1) is 9.54. The molecule has 2 aromatic carbocycles. The molecule has 0 saturated carbocycles. The zero-order valence-corrected chi connectivity index (χ0v) is 13.8. The molecule has 1 aromatic heterocycles. The maximum atomic E-state index is 12.5. The Morgan fingerprint density at radius 3 is 2.30 bits per heavy atom. The van der Waals surface area contributed by atoms with Gasteiger partial charge in [0.05, 0.1) is 11.0 Å². The van der Waals surface area contributed by atoms with Gasteiger partial charge in [-0.2, -0.15) is 0 Å².